The molecule has 0 bridgehead atoms. The van der Waals surface area contributed by atoms with Crippen LogP contribution in [0.3, 0.4) is 0 Å². The van der Waals surface area contributed by atoms with Gasteiger partial charge in [-0.3, -0.25) is 0 Å². The highest BCUT2D eigenvalue weighted by Crippen LogP contribution is 2.55. The molecule has 0 fully saturated rings. The molecule has 15 heavy (non-hydrogen) atoms. The molecule has 0 heteroatoms. The van der Waals surface area contributed by atoms with Gasteiger partial charge in [-0.25, -0.2) is 0 Å². The molecule has 1 aliphatic rings. The van der Waals surface area contributed by atoms with E-state index in [0.29, 0.717) is 10.8 Å². The number of hydrogen-bond acceptors (Lipinski definition) is 0. The van der Waals surface area contributed by atoms with Gasteiger partial charge in [-0.2, -0.15) is 0 Å². The summed E-state index contributed by atoms with van der Waals surface area (Å²) in [6, 6.07) is 8.95. The predicted molar refractivity (Wildman–Crippen MR) is 66.1 cm³/mol. The Hall–Kier alpha value is -0.780. The molecule has 1 unspecified atom stereocenters. The molecule has 1 atom stereocenters. The van der Waals surface area contributed by atoms with Crippen LogP contribution in [0.15, 0.2) is 24.3 Å². The largest absolute Gasteiger partial charge is 0.0622 e. The minimum absolute atomic E-state index is 0.303. The molecule has 0 radical (unpaired) electrons. The Bertz CT molecular complexity index is 373. The molecule has 0 saturated carbocycles. The van der Waals surface area contributed by atoms with Crippen molar-refractivity contribution in [3.05, 3.63) is 35.4 Å². The molecule has 1 aromatic carbocycles. The monoisotopic (exact) mass is 202 g/mol. The van der Waals surface area contributed by atoms with Crippen LogP contribution in [0, 0.1) is 11.3 Å². The third kappa shape index (κ3) is 1.27. The smallest absolute Gasteiger partial charge is 0.00415 e. The van der Waals surface area contributed by atoms with E-state index >= 15 is 0 Å². The zero-order chi connectivity index (χ0) is 11.3. The number of fused-ring (bicyclic) bond motifs is 1. The van der Waals surface area contributed by atoms with Gasteiger partial charge in [0.15, 0.2) is 0 Å². The Morgan fingerprint density at radius 1 is 1.07 bits per heavy atom. The van der Waals surface area contributed by atoms with Crippen molar-refractivity contribution in [2.75, 3.05) is 0 Å². The van der Waals surface area contributed by atoms with E-state index in [2.05, 4.69) is 58.9 Å². The predicted octanol–water partition coefficient (Wildman–Crippen LogP) is 4.18. The van der Waals surface area contributed by atoms with Crippen LogP contribution in [-0.4, -0.2) is 0 Å². The summed E-state index contributed by atoms with van der Waals surface area (Å²) in [4.78, 5) is 0. The van der Waals surface area contributed by atoms with Crippen molar-refractivity contribution in [1.29, 1.82) is 0 Å². The van der Waals surface area contributed by atoms with Crippen molar-refractivity contribution in [2.24, 2.45) is 11.3 Å². The molecule has 1 aliphatic carbocycles. The first-order valence-electron chi connectivity index (χ1n) is 5.98. The summed E-state index contributed by atoms with van der Waals surface area (Å²) in [6.45, 7) is 12.0. The van der Waals surface area contributed by atoms with Gasteiger partial charge in [-0.05, 0) is 34.3 Å². The summed E-state index contributed by atoms with van der Waals surface area (Å²) in [5, 5.41) is 0. The third-order valence-electron chi connectivity index (χ3n) is 4.95. The van der Waals surface area contributed by atoms with E-state index in [9.17, 15) is 0 Å². The van der Waals surface area contributed by atoms with Crippen molar-refractivity contribution < 1.29 is 0 Å². The zero-order valence-corrected chi connectivity index (χ0v) is 10.6. The highest BCUT2D eigenvalue weighted by atomic mass is 14.5. The molecule has 0 saturated heterocycles. The number of benzene rings is 1. The van der Waals surface area contributed by atoms with Gasteiger partial charge in [0.05, 0.1) is 0 Å². The summed E-state index contributed by atoms with van der Waals surface area (Å²) in [7, 11) is 0. The van der Waals surface area contributed by atoms with E-state index in [-0.39, 0.29) is 0 Å². The van der Waals surface area contributed by atoms with Crippen LogP contribution >= 0.6 is 0 Å². The van der Waals surface area contributed by atoms with Crippen LogP contribution in [0.4, 0.5) is 0 Å². The normalized spacial score (nSPS) is 28.1. The van der Waals surface area contributed by atoms with E-state index in [1.54, 1.807) is 11.1 Å². The first-order chi connectivity index (χ1) is 6.89. The van der Waals surface area contributed by atoms with Crippen LogP contribution in [0.1, 0.15) is 45.7 Å². The molecular formula is C15H22. The van der Waals surface area contributed by atoms with Crippen LogP contribution in [-0.2, 0) is 11.8 Å². The van der Waals surface area contributed by atoms with Gasteiger partial charge in [-0.15, -0.1) is 0 Å². The SMILES string of the molecule is CC(C)C1(C)Cc2ccccc2C1(C)C. The number of rotatable bonds is 1. The molecular weight excluding hydrogens is 180 g/mol. The maximum absolute atomic E-state index is 2.44. The van der Waals surface area contributed by atoms with Gasteiger partial charge < -0.3 is 0 Å². The minimum Gasteiger partial charge on any atom is -0.0622 e. The standard InChI is InChI=1S/C15H22/c1-11(2)15(5)10-12-8-6-7-9-13(12)14(15,3)4/h6-9,11H,10H2,1-5H3. The average molecular weight is 202 g/mol. The Balaban J connectivity index is 2.56. The summed E-state index contributed by atoms with van der Waals surface area (Å²) >= 11 is 0. The third-order valence-corrected chi connectivity index (χ3v) is 4.95. The first-order valence-corrected chi connectivity index (χ1v) is 5.98. The fraction of sp³-hybridized carbons (Fsp3) is 0.600. The van der Waals surface area contributed by atoms with E-state index in [1.165, 1.54) is 6.42 Å². The van der Waals surface area contributed by atoms with E-state index in [4.69, 9.17) is 0 Å². The van der Waals surface area contributed by atoms with E-state index in [1.807, 2.05) is 0 Å². The topological polar surface area (TPSA) is 0 Å². The highest BCUT2D eigenvalue weighted by molar-refractivity contribution is 5.42. The lowest BCUT2D eigenvalue weighted by Gasteiger charge is -2.42. The Morgan fingerprint density at radius 3 is 2.20 bits per heavy atom. The molecule has 0 amide bonds. The molecule has 1 aromatic rings. The number of hydrogen-bond donors (Lipinski definition) is 0. The Labute approximate surface area is 93.7 Å². The fourth-order valence-corrected chi connectivity index (χ4v) is 3.13. The fourth-order valence-electron chi connectivity index (χ4n) is 3.13. The van der Waals surface area contributed by atoms with Crippen LogP contribution in [0.5, 0.6) is 0 Å². The molecule has 0 aromatic heterocycles. The summed E-state index contributed by atoms with van der Waals surface area (Å²) in [6.07, 6.45) is 1.23. The Kier molecular flexibility index (Phi) is 2.22. The van der Waals surface area contributed by atoms with E-state index in [0.717, 1.165) is 5.92 Å². The zero-order valence-electron chi connectivity index (χ0n) is 10.6. The lowest BCUT2D eigenvalue weighted by atomic mass is 9.61. The molecule has 0 aliphatic heterocycles. The summed E-state index contributed by atoms with van der Waals surface area (Å²) < 4.78 is 0. The quantitative estimate of drug-likeness (QED) is 0.641. The van der Waals surface area contributed by atoms with Gasteiger partial charge >= 0.3 is 0 Å². The Morgan fingerprint density at radius 2 is 1.67 bits per heavy atom. The van der Waals surface area contributed by atoms with Crippen molar-refractivity contribution >= 4 is 0 Å². The molecule has 0 nitrogen and oxygen atoms in total. The van der Waals surface area contributed by atoms with Gasteiger partial charge in [0.1, 0.15) is 0 Å². The first kappa shape index (κ1) is 10.7. The molecule has 2 rings (SSSR count). The molecule has 0 heterocycles. The lowest BCUT2D eigenvalue weighted by molar-refractivity contribution is 0.123. The summed E-state index contributed by atoms with van der Waals surface area (Å²) in [5.41, 5.74) is 3.81. The van der Waals surface area contributed by atoms with E-state index < -0.39 is 0 Å². The van der Waals surface area contributed by atoms with Gasteiger partial charge in [0, 0.05) is 0 Å². The van der Waals surface area contributed by atoms with Gasteiger partial charge in [-0.1, -0.05) is 58.9 Å². The van der Waals surface area contributed by atoms with Crippen LogP contribution in [0.2, 0.25) is 0 Å². The van der Waals surface area contributed by atoms with Crippen molar-refractivity contribution in [2.45, 2.75) is 46.5 Å². The van der Waals surface area contributed by atoms with Gasteiger partial charge in [0.2, 0.25) is 0 Å². The van der Waals surface area contributed by atoms with Crippen molar-refractivity contribution in [3.63, 3.8) is 0 Å². The molecule has 0 N–H and O–H groups in total. The maximum atomic E-state index is 2.44. The van der Waals surface area contributed by atoms with Crippen molar-refractivity contribution in [3.8, 4) is 0 Å². The highest BCUT2D eigenvalue weighted by Gasteiger charge is 2.49. The minimum atomic E-state index is 0.303. The summed E-state index contributed by atoms with van der Waals surface area (Å²) in [5.74, 6) is 0.722. The second-order valence-electron chi connectivity index (χ2n) is 6.03. The van der Waals surface area contributed by atoms with Gasteiger partial charge in [0.25, 0.3) is 0 Å². The van der Waals surface area contributed by atoms with Crippen LogP contribution in [0.25, 0.3) is 0 Å². The second-order valence-corrected chi connectivity index (χ2v) is 6.03. The molecule has 82 valence electrons. The average Bonchev–Trinajstić information content (AvgIpc) is 2.37. The maximum Gasteiger partial charge on any atom is -0.00415 e. The second kappa shape index (κ2) is 3.10. The lowest BCUT2D eigenvalue weighted by Crippen LogP contribution is -2.39. The van der Waals surface area contributed by atoms with Crippen molar-refractivity contribution in [1.82, 2.24) is 0 Å². The molecule has 0 spiro atoms. The van der Waals surface area contributed by atoms with Crippen LogP contribution < -0.4 is 0 Å².